The van der Waals surface area contributed by atoms with E-state index in [1.54, 1.807) is 7.11 Å². The topological polar surface area (TPSA) is 38.7 Å². The zero-order valence-corrected chi connectivity index (χ0v) is 8.32. The number of carbonyl (C=O) groups excluding carboxylic acids is 1. The fourth-order valence-electron chi connectivity index (χ4n) is 1.79. The molecule has 3 nitrogen and oxygen atoms in total. The third kappa shape index (κ3) is 2.92. The summed E-state index contributed by atoms with van der Waals surface area (Å²) in [6.07, 6.45) is 6.61. The van der Waals surface area contributed by atoms with Gasteiger partial charge in [0.25, 0.3) is 0 Å². The highest BCUT2D eigenvalue weighted by Crippen LogP contribution is 2.32. The zero-order valence-electron chi connectivity index (χ0n) is 8.32. The standard InChI is InChI=1S/C10H17NO2/c1-10(11-7-8-12)5-3-9(13-2)4-6-10/h7-9H,3-6H2,1-2H3. The summed E-state index contributed by atoms with van der Waals surface area (Å²) in [6, 6.07) is 0. The fourth-order valence-corrected chi connectivity index (χ4v) is 1.79. The number of ether oxygens (including phenoxy) is 1. The van der Waals surface area contributed by atoms with Gasteiger partial charge in [0.2, 0.25) is 0 Å². The van der Waals surface area contributed by atoms with Gasteiger partial charge in [-0.2, -0.15) is 0 Å². The maximum Gasteiger partial charge on any atom is 0.160 e. The van der Waals surface area contributed by atoms with E-state index in [2.05, 4.69) is 11.9 Å². The molecule has 0 atom stereocenters. The second kappa shape index (κ2) is 4.51. The van der Waals surface area contributed by atoms with Crippen molar-refractivity contribution in [1.82, 2.24) is 0 Å². The largest absolute Gasteiger partial charge is 0.381 e. The number of hydrogen-bond donors (Lipinski definition) is 0. The Labute approximate surface area is 79.2 Å². The van der Waals surface area contributed by atoms with Crippen molar-refractivity contribution in [3.63, 3.8) is 0 Å². The first-order valence-corrected chi connectivity index (χ1v) is 4.72. The Morgan fingerprint density at radius 1 is 1.46 bits per heavy atom. The monoisotopic (exact) mass is 183 g/mol. The Hall–Kier alpha value is -0.700. The first-order valence-electron chi connectivity index (χ1n) is 4.72. The molecule has 0 amide bonds. The fraction of sp³-hybridized carbons (Fsp3) is 0.800. The maximum absolute atomic E-state index is 10.1. The second-order valence-electron chi connectivity index (χ2n) is 3.85. The second-order valence-corrected chi connectivity index (χ2v) is 3.85. The van der Waals surface area contributed by atoms with Gasteiger partial charge in [0.15, 0.2) is 6.29 Å². The number of aliphatic imine (C=N–C) groups is 1. The van der Waals surface area contributed by atoms with Crippen LogP contribution in [0.25, 0.3) is 0 Å². The Balaban J connectivity index is 2.46. The van der Waals surface area contributed by atoms with Crippen LogP contribution in [0.15, 0.2) is 4.99 Å². The van der Waals surface area contributed by atoms with Crippen LogP contribution in [0.3, 0.4) is 0 Å². The molecular weight excluding hydrogens is 166 g/mol. The Bertz CT molecular complexity index is 193. The van der Waals surface area contributed by atoms with Gasteiger partial charge in [0.1, 0.15) is 0 Å². The summed E-state index contributed by atoms with van der Waals surface area (Å²) in [4.78, 5) is 14.4. The minimum absolute atomic E-state index is 0.0318. The highest BCUT2D eigenvalue weighted by molar-refractivity contribution is 6.13. The van der Waals surface area contributed by atoms with Crippen molar-refractivity contribution in [3.05, 3.63) is 0 Å². The van der Waals surface area contributed by atoms with Gasteiger partial charge in [-0.3, -0.25) is 9.79 Å². The average Bonchev–Trinajstić information content (AvgIpc) is 2.16. The van der Waals surface area contributed by atoms with Gasteiger partial charge in [-0.25, -0.2) is 0 Å². The summed E-state index contributed by atoms with van der Waals surface area (Å²) < 4.78 is 5.27. The summed E-state index contributed by atoms with van der Waals surface area (Å²) in [6.45, 7) is 2.10. The molecule has 0 bridgehead atoms. The lowest BCUT2D eigenvalue weighted by molar-refractivity contribution is -0.102. The van der Waals surface area contributed by atoms with E-state index in [4.69, 9.17) is 4.74 Å². The lowest BCUT2D eigenvalue weighted by Gasteiger charge is -2.33. The van der Waals surface area contributed by atoms with Crippen molar-refractivity contribution in [2.45, 2.75) is 44.2 Å². The van der Waals surface area contributed by atoms with Crippen LogP contribution in [0.5, 0.6) is 0 Å². The third-order valence-electron chi connectivity index (χ3n) is 2.79. The van der Waals surface area contributed by atoms with Crippen LogP contribution in [0.1, 0.15) is 32.6 Å². The molecule has 74 valence electrons. The number of carbonyl (C=O) groups is 1. The molecule has 0 saturated heterocycles. The van der Waals surface area contributed by atoms with Gasteiger partial charge in [-0.1, -0.05) is 0 Å². The van der Waals surface area contributed by atoms with E-state index in [1.807, 2.05) is 0 Å². The molecule has 0 aromatic carbocycles. The molecule has 0 heterocycles. The number of methoxy groups -OCH3 is 1. The molecule has 3 heteroatoms. The lowest BCUT2D eigenvalue weighted by atomic mass is 9.82. The highest BCUT2D eigenvalue weighted by atomic mass is 16.5. The van der Waals surface area contributed by atoms with E-state index < -0.39 is 0 Å². The summed E-state index contributed by atoms with van der Waals surface area (Å²) in [5.41, 5.74) is -0.0318. The van der Waals surface area contributed by atoms with E-state index in [9.17, 15) is 4.79 Å². The smallest absolute Gasteiger partial charge is 0.160 e. The molecule has 1 rings (SSSR count). The summed E-state index contributed by atoms with van der Waals surface area (Å²) in [7, 11) is 1.75. The van der Waals surface area contributed by atoms with Crippen LogP contribution in [-0.4, -0.2) is 31.3 Å². The Morgan fingerprint density at radius 2 is 2.08 bits per heavy atom. The van der Waals surface area contributed by atoms with E-state index >= 15 is 0 Å². The molecule has 1 fully saturated rings. The molecular formula is C10H17NO2. The minimum atomic E-state index is -0.0318. The Morgan fingerprint density at radius 3 is 2.54 bits per heavy atom. The predicted molar refractivity (Wildman–Crippen MR) is 52.2 cm³/mol. The van der Waals surface area contributed by atoms with Crippen LogP contribution in [0, 0.1) is 0 Å². The molecule has 1 saturated carbocycles. The number of hydrogen-bond acceptors (Lipinski definition) is 3. The van der Waals surface area contributed by atoms with Gasteiger partial charge in [-0.15, -0.1) is 0 Å². The van der Waals surface area contributed by atoms with E-state index in [1.165, 1.54) is 6.21 Å². The number of nitrogens with zero attached hydrogens (tertiary/aromatic N) is 1. The highest BCUT2D eigenvalue weighted by Gasteiger charge is 2.29. The molecule has 0 aromatic heterocycles. The van der Waals surface area contributed by atoms with Crippen LogP contribution < -0.4 is 0 Å². The Kier molecular flexibility index (Phi) is 3.60. The molecule has 0 aliphatic heterocycles. The van der Waals surface area contributed by atoms with Gasteiger partial charge < -0.3 is 4.74 Å². The quantitative estimate of drug-likeness (QED) is 0.492. The lowest BCUT2D eigenvalue weighted by Crippen LogP contribution is -2.32. The van der Waals surface area contributed by atoms with E-state index in [0.717, 1.165) is 32.0 Å². The van der Waals surface area contributed by atoms with Gasteiger partial charge >= 0.3 is 0 Å². The predicted octanol–water partition coefficient (Wildman–Crippen LogP) is 1.60. The van der Waals surface area contributed by atoms with Crippen molar-refractivity contribution in [1.29, 1.82) is 0 Å². The molecule has 1 aliphatic carbocycles. The average molecular weight is 183 g/mol. The molecule has 0 aromatic rings. The summed E-state index contributed by atoms with van der Waals surface area (Å²) in [5.74, 6) is 0. The van der Waals surface area contributed by atoms with Crippen LogP contribution in [-0.2, 0) is 9.53 Å². The summed E-state index contributed by atoms with van der Waals surface area (Å²) >= 11 is 0. The maximum atomic E-state index is 10.1. The number of rotatable bonds is 3. The molecule has 1 aliphatic rings. The van der Waals surface area contributed by atoms with Crippen molar-refractivity contribution < 1.29 is 9.53 Å². The number of aldehydes is 1. The van der Waals surface area contributed by atoms with E-state index in [-0.39, 0.29) is 5.54 Å². The van der Waals surface area contributed by atoms with Gasteiger partial charge in [-0.05, 0) is 32.6 Å². The van der Waals surface area contributed by atoms with Crippen molar-refractivity contribution in [3.8, 4) is 0 Å². The van der Waals surface area contributed by atoms with Crippen LogP contribution in [0.4, 0.5) is 0 Å². The molecule has 0 unspecified atom stereocenters. The minimum Gasteiger partial charge on any atom is -0.381 e. The van der Waals surface area contributed by atoms with Gasteiger partial charge in [0.05, 0.1) is 17.9 Å². The van der Waals surface area contributed by atoms with E-state index in [0.29, 0.717) is 6.10 Å². The zero-order chi connectivity index (χ0) is 9.73. The molecule has 0 N–H and O–H groups in total. The van der Waals surface area contributed by atoms with Gasteiger partial charge in [0, 0.05) is 7.11 Å². The molecule has 0 radical (unpaired) electrons. The van der Waals surface area contributed by atoms with Crippen molar-refractivity contribution in [2.75, 3.05) is 7.11 Å². The molecule has 13 heavy (non-hydrogen) atoms. The van der Waals surface area contributed by atoms with Crippen molar-refractivity contribution >= 4 is 12.5 Å². The third-order valence-corrected chi connectivity index (χ3v) is 2.79. The normalized spacial score (nSPS) is 35.1. The SMILES string of the molecule is COC1CCC(C)(N=CC=O)CC1. The molecule has 0 spiro atoms. The first-order chi connectivity index (χ1) is 6.20. The first kappa shape index (κ1) is 10.4. The van der Waals surface area contributed by atoms with Crippen molar-refractivity contribution in [2.24, 2.45) is 4.99 Å². The van der Waals surface area contributed by atoms with Crippen LogP contribution in [0.2, 0.25) is 0 Å². The summed E-state index contributed by atoms with van der Waals surface area (Å²) in [5, 5.41) is 0. The van der Waals surface area contributed by atoms with Crippen LogP contribution >= 0.6 is 0 Å².